The molecule has 1 nitrogen and oxygen atoms in total. The minimum Gasteiger partial charge on any atom is -0.398 e. The average Bonchev–Trinajstić information content (AvgIpc) is 2.19. The third kappa shape index (κ3) is 1.77. The van der Waals surface area contributed by atoms with E-state index in [1.807, 2.05) is 0 Å². The normalized spacial score (nSPS) is 10.6. The smallest absolute Gasteiger partial charge is 0.0381 e. The molecule has 0 spiro atoms. The van der Waals surface area contributed by atoms with Crippen molar-refractivity contribution in [2.75, 3.05) is 5.73 Å². The molecule has 1 aromatic rings. The molecule has 0 aromatic heterocycles. The van der Waals surface area contributed by atoms with E-state index in [9.17, 15) is 0 Å². The third-order valence-electron chi connectivity index (χ3n) is 3.07. The fourth-order valence-corrected chi connectivity index (χ4v) is 2.10. The second-order valence-electron chi connectivity index (χ2n) is 3.77. The summed E-state index contributed by atoms with van der Waals surface area (Å²) in [5.74, 6) is 0. The van der Waals surface area contributed by atoms with Crippen LogP contribution in [0.3, 0.4) is 0 Å². The Bertz CT molecular complexity index is 298. The maximum absolute atomic E-state index is 6.13. The second kappa shape index (κ2) is 4.50. The fourth-order valence-electron chi connectivity index (χ4n) is 2.10. The third-order valence-corrected chi connectivity index (χ3v) is 3.07. The van der Waals surface area contributed by atoms with Gasteiger partial charge in [-0.1, -0.05) is 26.8 Å². The Morgan fingerprint density at radius 2 is 1.57 bits per heavy atom. The van der Waals surface area contributed by atoms with E-state index in [4.69, 9.17) is 5.73 Å². The van der Waals surface area contributed by atoms with Gasteiger partial charge < -0.3 is 5.73 Å². The minimum atomic E-state index is 1.02. The van der Waals surface area contributed by atoms with Gasteiger partial charge in [-0.05, 0) is 48.4 Å². The predicted octanol–water partition coefficient (Wildman–Crippen LogP) is 3.26. The first-order chi connectivity index (χ1) is 6.65. The van der Waals surface area contributed by atoms with Gasteiger partial charge in [0, 0.05) is 5.69 Å². The SMILES string of the molecule is CCc1cc(CC)c(N)c(CC)c1C. The van der Waals surface area contributed by atoms with Gasteiger partial charge in [0.2, 0.25) is 0 Å². The van der Waals surface area contributed by atoms with Gasteiger partial charge in [-0.15, -0.1) is 0 Å². The molecule has 0 fully saturated rings. The summed E-state index contributed by atoms with van der Waals surface area (Å²) in [4.78, 5) is 0. The number of nitrogen functional groups attached to an aromatic ring is 1. The highest BCUT2D eigenvalue weighted by molar-refractivity contribution is 5.59. The van der Waals surface area contributed by atoms with E-state index >= 15 is 0 Å². The Kier molecular flexibility index (Phi) is 3.56. The van der Waals surface area contributed by atoms with Gasteiger partial charge in [-0.2, -0.15) is 0 Å². The highest BCUT2D eigenvalue weighted by atomic mass is 14.6. The van der Waals surface area contributed by atoms with Gasteiger partial charge in [0.15, 0.2) is 0 Å². The van der Waals surface area contributed by atoms with Crippen LogP contribution in [0.2, 0.25) is 0 Å². The standard InChI is InChI=1S/C13H21N/c1-5-10-8-11(6-2)13(14)12(7-3)9(10)4/h8H,5-7,14H2,1-4H3. The fraction of sp³-hybridized carbons (Fsp3) is 0.538. The summed E-state index contributed by atoms with van der Waals surface area (Å²) in [5.41, 5.74) is 12.6. The zero-order valence-electron chi connectivity index (χ0n) is 9.78. The Morgan fingerprint density at radius 1 is 1.00 bits per heavy atom. The van der Waals surface area contributed by atoms with Crippen LogP contribution in [0.5, 0.6) is 0 Å². The number of hydrogen-bond donors (Lipinski definition) is 1. The molecule has 0 heterocycles. The average molecular weight is 191 g/mol. The van der Waals surface area contributed by atoms with Crippen molar-refractivity contribution in [3.05, 3.63) is 28.3 Å². The van der Waals surface area contributed by atoms with E-state index in [2.05, 4.69) is 33.8 Å². The molecule has 0 saturated carbocycles. The van der Waals surface area contributed by atoms with E-state index in [0.717, 1.165) is 24.9 Å². The number of rotatable bonds is 3. The second-order valence-corrected chi connectivity index (χ2v) is 3.77. The Morgan fingerprint density at radius 3 is 2.00 bits per heavy atom. The van der Waals surface area contributed by atoms with Crippen LogP contribution in [0, 0.1) is 6.92 Å². The van der Waals surface area contributed by atoms with Crippen molar-refractivity contribution in [3.63, 3.8) is 0 Å². The van der Waals surface area contributed by atoms with Crippen LogP contribution in [0.4, 0.5) is 5.69 Å². The zero-order valence-corrected chi connectivity index (χ0v) is 9.78. The lowest BCUT2D eigenvalue weighted by Gasteiger charge is -2.15. The highest BCUT2D eigenvalue weighted by Crippen LogP contribution is 2.26. The van der Waals surface area contributed by atoms with Crippen molar-refractivity contribution >= 4 is 5.69 Å². The monoisotopic (exact) mass is 191 g/mol. The van der Waals surface area contributed by atoms with Crippen molar-refractivity contribution in [1.29, 1.82) is 0 Å². The number of anilines is 1. The van der Waals surface area contributed by atoms with E-state index in [1.165, 1.54) is 22.3 Å². The molecule has 78 valence electrons. The molecule has 0 saturated heterocycles. The molecule has 0 aliphatic rings. The van der Waals surface area contributed by atoms with Crippen LogP contribution < -0.4 is 5.73 Å². The van der Waals surface area contributed by atoms with Crippen molar-refractivity contribution in [1.82, 2.24) is 0 Å². The zero-order chi connectivity index (χ0) is 10.7. The largest absolute Gasteiger partial charge is 0.398 e. The molecule has 1 rings (SSSR count). The lowest BCUT2D eigenvalue weighted by Crippen LogP contribution is -2.04. The maximum atomic E-state index is 6.13. The summed E-state index contributed by atoms with van der Waals surface area (Å²) in [6.45, 7) is 8.74. The summed E-state index contributed by atoms with van der Waals surface area (Å²) < 4.78 is 0. The van der Waals surface area contributed by atoms with Crippen molar-refractivity contribution in [2.45, 2.75) is 47.0 Å². The maximum Gasteiger partial charge on any atom is 0.0381 e. The molecule has 0 aliphatic heterocycles. The summed E-state index contributed by atoms with van der Waals surface area (Å²) >= 11 is 0. The molecule has 0 atom stereocenters. The molecule has 14 heavy (non-hydrogen) atoms. The molecule has 2 N–H and O–H groups in total. The number of nitrogens with two attached hydrogens (primary N) is 1. The van der Waals surface area contributed by atoms with Gasteiger partial charge in [-0.25, -0.2) is 0 Å². The minimum absolute atomic E-state index is 1.02. The van der Waals surface area contributed by atoms with Crippen molar-refractivity contribution in [2.24, 2.45) is 0 Å². The molecular formula is C13H21N. The molecule has 0 radical (unpaired) electrons. The summed E-state index contributed by atoms with van der Waals surface area (Å²) in [7, 11) is 0. The van der Waals surface area contributed by atoms with Crippen LogP contribution in [0.25, 0.3) is 0 Å². The predicted molar refractivity (Wildman–Crippen MR) is 63.7 cm³/mol. The quantitative estimate of drug-likeness (QED) is 0.729. The molecule has 1 heteroatoms. The Labute approximate surface area is 87.3 Å². The topological polar surface area (TPSA) is 26.0 Å². The lowest BCUT2D eigenvalue weighted by atomic mass is 9.92. The molecule has 1 aromatic carbocycles. The van der Waals surface area contributed by atoms with Crippen LogP contribution >= 0.6 is 0 Å². The van der Waals surface area contributed by atoms with E-state index in [1.54, 1.807) is 0 Å². The number of aryl methyl sites for hydroxylation is 2. The van der Waals surface area contributed by atoms with Crippen molar-refractivity contribution < 1.29 is 0 Å². The van der Waals surface area contributed by atoms with Gasteiger partial charge in [-0.3, -0.25) is 0 Å². The highest BCUT2D eigenvalue weighted by Gasteiger charge is 2.09. The van der Waals surface area contributed by atoms with E-state index < -0.39 is 0 Å². The molecule has 0 aliphatic carbocycles. The summed E-state index contributed by atoms with van der Waals surface area (Å²) in [6.07, 6.45) is 3.18. The molecule has 0 unspecified atom stereocenters. The Balaban J connectivity index is 3.39. The lowest BCUT2D eigenvalue weighted by molar-refractivity contribution is 1.02. The van der Waals surface area contributed by atoms with Gasteiger partial charge in [0.05, 0.1) is 0 Å². The Hall–Kier alpha value is -0.980. The van der Waals surface area contributed by atoms with Crippen LogP contribution in [-0.2, 0) is 19.3 Å². The van der Waals surface area contributed by atoms with Crippen LogP contribution in [0.1, 0.15) is 43.0 Å². The van der Waals surface area contributed by atoms with Gasteiger partial charge in [0.1, 0.15) is 0 Å². The first-order valence-corrected chi connectivity index (χ1v) is 5.55. The van der Waals surface area contributed by atoms with Crippen LogP contribution in [0.15, 0.2) is 6.07 Å². The first kappa shape index (κ1) is 11.1. The van der Waals surface area contributed by atoms with Gasteiger partial charge in [0.25, 0.3) is 0 Å². The first-order valence-electron chi connectivity index (χ1n) is 5.55. The van der Waals surface area contributed by atoms with Crippen LogP contribution in [-0.4, -0.2) is 0 Å². The van der Waals surface area contributed by atoms with Gasteiger partial charge >= 0.3 is 0 Å². The number of benzene rings is 1. The summed E-state index contributed by atoms with van der Waals surface area (Å²) in [5, 5.41) is 0. The van der Waals surface area contributed by atoms with E-state index in [0.29, 0.717) is 0 Å². The number of hydrogen-bond acceptors (Lipinski definition) is 1. The molecule has 0 amide bonds. The molecule has 0 bridgehead atoms. The van der Waals surface area contributed by atoms with Crippen molar-refractivity contribution in [3.8, 4) is 0 Å². The molecular weight excluding hydrogens is 170 g/mol. The van der Waals surface area contributed by atoms with E-state index in [-0.39, 0.29) is 0 Å². The summed E-state index contributed by atoms with van der Waals surface area (Å²) in [6, 6.07) is 2.27.